The van der Waals surface area contributed by atoms with Crippen molar-refractivity contribution < 1.29 is 14.3 Å². The summed E-state index contributed by atoms with van der Waals surface area (Å²) in [5.74, 6) is -0.646. The highest BCUT2D eigenvalue weighted by Gasteiger charge is 2.19. The van der Waals surface area contributed by atoms with Crippen LogP contribution in [0.3, 0.4) is 0 Å². The molecular weight excluding hydrogens is 230 g/mol. The van der Waals surface area contributed by atoms with E-state index in [4.69, 9.17) is 17.3 Å². The second-order valence-electron chi connectivity index (χ2n) is 3.12. The number of ether oxygens (including phenoxy) is 1. The number of nitrogen functional groups attached to an aromatic ring is 1. The van der Waals surface area contributed by atoms with Crippen molar-refractivity contribution in [1.82, 2.24) is 0 Å². The van der Waals surface area contributed by atoms with Crippen molar-refractivity contribution in [2.24, 2.45) is 0 Å². The lowest BCUT2D eigenvalue weighted by Crippen LogP contribution is -2.13. The molecule has 0 aromatic heterocycles. The van der Waals surface area contributed by atoms with Gasteiger partial charge in [-0.2, -0.15) is 0 Å². The van der Waals surface area contributed by atoms with Crippen molar-refractivity contribution in [2.45, 2.75) is 6.42 Å². The van der Waals surface area contributed by atoms with Crippen molar-refractivity contribution in [3.63, 3.8) is 0 Å². The maximum Gasteiger partial charge on any atom is 0.338 e. The number of carbonyl (C=O) groups is 2. The van der Waals surface area contributed by atoms with E-state index in [0.717, 1.165) is 0 Å². The maximum atomic E-state index is 11.7. The molecule has 2 N–H and O–H groups in total. The van der Waals surface area contributed by atoms with Crippen LogP contribution in [0.25, 0.3) is 0 Å². The summed E-state index contributed by atoms with van der Waals surface area (Å²) in [6, 6.07) is 4.66. The SMILES string of the molecule is COC(=O)c1cccc(N)c1C(=O)CCCl. The molecule has 0 atom stereocenters. The van der Waals surface area contributed by atoms with Gasteiger partial charge in [0.1, 0.15) is 0 Å². The lowest BCUT2D eigenvalue weighted by molar-refractivity contribution is 0.0597. The Balaban J connectivity index is 3.23. The van der Waals surface area contributed by atoms with Gasteiger partial charge in [-0.25, -0.2) is 4.79 Å². The van der Waals surface area contributed by atoms with Crippen LogP contribution >= 0.6 is 11.6 Å². The van der Waals surface area contributed by atoms with E-state index in [2.05, 4.69) is 4.74 Å². The number of benzene rings is 1. The summed E-state index contributed by atoms with van der Waals surface area (Å²) in [5.41, 5.74) is 6.30. The summed E-state index contributed by atoms with van der Waals surface area (Å²) >= 11 is 5.49. The second kappa shape index (κ2) is 5.51. The molecule has 0 heterocycles. The summed E-state index contributed by atoms with van der Waals surface area (Å²) in [5, 5.41) is 0. The van der Waals surface area contributed by atoms with Gasteiger partial charge >= 0.3 is 5.97 Å². The van der Waals surface area contributed by atoms with E-state index in [1.54, 1.807) is 12.1 Å². The van der Waals surface area contributed by atoms with E-state index in [9.17, 15) is 9.59 Å². The number of esters is 1. The van der Waals surface area contributed by atoms with Crippen LogP contribution in [0, 0.1) is 0 Å². The highest BCUT2D eigenvalue weighted by atomic mass is 35.5. The van der Waals surface area contributed by atoms with Crippen molar-refractivity contribution in [3.05, 3.63) is 29.3 Å². The number of alkyl halides is 1. The summed E-state index contributed by atoms with van der Waals surface area (Å²) in [4.78, 5) is 23.2. The van der Waals surface area contributed by atoms with Crippen molar-refractivity contribution in [2.75, 3.05) is 18.7 Å². The zero-order valence-corrected chi connectivity index (χ0v) is 9.58. The van der Waals surface area contributed by atoms with E-state index in [1.165, 1.54) is 13.2 Å². The normalized spacial score (nSPS) is 9.88. The average molecular weight is 242 g/mol. The van der Waals surface area contributed by atoms with Gasteiger partial charge in [0.25, 0.3) is 0 Å². The Morgan fingerprint density at radius 2 is 2.12 bits per heavy atom. The number of nitrogens with two attached hydrogens (primary N) is 1. The summed E-state index contributed by atoms with van der Waals surface area (Å²) in [6.45, 7) is 0. The predicted octanol–water partition coefficient (Wildman–Crippen LogP) is 1.87. The third-order valence-corrected chi connectivity index (χ3v) is 2.29. The van der Waals surface area contributed by atoms with Gasteiger partial charge < -0.3 is 10.5 Å². The average Bonchev–Trinajstić information content (AvgIpc) is 2.27. The van der Waals surface area contributed by atoms with E-state index >= 15 is 0 Å². The topological polar surface area (TPSA) is 69.4 Å². The molecule has 4 nitrogen and oxygen atoms in total. The van der Waals surface area contributed by atoms with Gasteiger partial charge in [0.15, 0.2) is 5.78 Å². The highest BCUT2D eigenvalue weighted by Crippen LogP contribution is 2.20. The number of hydrogen-bond acceptors (Lipinski definition) is 4. The van der Waals surface area contributed by atoms with Gasteiger partial charge in [0, 0.05) is 18.0 Å². The van der Waals surface area contributed by atoms with Crippen LogP contribution in [-0.4, -0.2) is 24.7 Å². The van der Waals surface area contributed by atoms with Crippen LogP contribution in [0.15, 0.2) is 18.2 Å². The molecule has 0 amide bonds. The van der Waals surface area contributed by atoms with Crippen molar-refractivity contribution in [1.29, 1.82) is 0 Å². The van der Waals surface area contributed by atoms with Gasteiger partial charge in [0.05, 0.1) is 18.2 Å². The number of carbonyl (C=O) groups excluding carboxylic acids is 2. The van der Waals surface area contributed by atoms with Gasteiger partial charge in [-0.05, 0) is 12.1 Å². The molecule has 0 saturated carbocycles. The van der Waals surface area contributed by atoms with Crippen LogP contribution in [0.1, 0.15) is 27.1 Å². The first-order valence-corrected chi connectivity index (χ1v) is 5.21. The highest BCUT2D eigenvalue weighted by molar-refractivity contribution is 6.20. The van der Waals surface area contributed by atoms with Crippen LogP contribution in [0.4, 0.5) is 5.69 Å². The monoisotopic (exact) mass is 241 g/mol. The molecule has 0 spiro atoms. The minimum absolute atomic E-state index is 0.139. The number of halogens is 1. The Hall–Kier alpha value is -1.55. The first-order chi connectivity index (χ1) is 7.61. The van der Waals surface area contributed by atoms with Crippen molar-refractivity contribution >= 4 is 29.0 Å². The molecule has 1 aromatic rings. The van der Waals surface area contributed by atoms with Crippen LogP contribution < -0.4 is 5.73 Å². The molecule has 0 aliphatic rings. The third-order valence-electron chi connectivity index (χ3n) is 2.10. The van der Waals surface area contributed by atoms with Crippen LogP contribution in [-0.2, 0) is 4.74 Å². The molecule has 1 rings (SSSR count). The molecule has 0 saturated heterocycles. The minimum atomic E-state index is -0.578. The molecule has 0 aliphatic carbocycles. The van der Waals surface area contributed by atoms with Crippen molar-refractivity contribution in [3.8, 4) is 0 Å². The quantitative estimate of drug-likeness (QED) is 0.378. The fourth-order valence-electron chi connectivity index (χ4n) is 1.37. The molecule has 86 valence electrons. The molecule has 0 fully saturated rings. The fourth-order valence-corrected chi connectivity index (χ4v) is 1.54. The molecule has 5 heteroatoms. The molecule has 16 heavy (non-hydrogen) atoms. The largest absolute Gasteiger partial charge is 0.465 e. The first kappa shape index (κ1) is 12.5. The zero-order chi connectivity index (χ0) is 12.1. The van der Waals surface area contributed by atoms with Gasteiger partial charge in [-0.3, -0.25) is 4.79 Å². The molecule has 0 bridgehead atoms. The second-order valence-corrected chi connectivity index (χ2v) is 3.50. The number of rotatable bonds is 4. The summed E-state index contributed by atoms with van der Waals surface area (Å²) in [6.07, 6.45) is 0.139. The Bertz CT molecular complexity index is 418. The predicted molar refractivity (Wildman–Crippen MR) is 61.9 cm³/mol. The van der Waals surface area contributed by atoms with E-state index < -0.39 is 5.97 Å². The van der Waals surface area contributed by atoms with Gasteiger partial charge in [0.2, 0.25) is 0 Å². The maximum absolute atomic E-state index is 11.7. The lowest BCUT2D eigenvalue weighted by atomic mass is 10.00. The van der Waals surface area contributed by atoms with E-state index in [0.29, 0.717) is 0 Å². The number of Topliss-reactive ketones (excluding diaryl/α,β-unsaturated/α-hetero) is 1. The Morgan fingerprint density at radius 3 is 2.69 bits per heavy atom. The number of anilines is 1. The summed E-state index contributed by atoms with van der Waals surface area (Å²) in [7, 11) is 1.25. The van der Waals surface area contributed by atoms with E-state index in [1.807, 2.05) is 0 Å². The molecule has 0 radical (unpaired) electrons. The standard InChI is InChI=1S/C11H12ClNO3/c1-16-11(15)7-3-2-4-8(13)10(7)9(14)5-6-12/h2-4H,5-6,13H2,1H3. The molecule has 1 aromatic carbocycles. The van der Waals surface area contributed by atoms with Gasteiger partial charge in [-0.15, -0.1) is 11.6 Å². The third kappa shape index (κ3) is 2.52. The van der Waals surface area contributed by atoms with Crippen LogP contribution in [0.2, 0.25) is 0 Å². The van der Waals surface area contributed by atoms with E-state index in [-0.39, 0.29) is 34.9 Å². The Kier molecular flexibility index (Phi) is 4.31. The number of hydrogen-bond donors (Lipinski definition) is 1. The molecule has 0 aliphatic heterocycles. The van der Waals surface area contributed by atoms with Gasteiger partial charge in [-0.1, -0.05) is 6.07 Å². The molecular formula is C11H12ClNO3. The molecule has 0 unspecified atom stereocenters. The Labute approximate surface area is 98.3 Å². The lowest BCUT2D eigenvalue weighted by Gasteiger charge is -2.08. The smallest absolute Gasteiger partial charge is 0.338 e. The number of methoxy groups -OCH3 is 1. The first-order valence-electron chi connectivity index (χ1n) is 4.67. The summed E-state index contributed by atoms with van der Waals surface area (Å²) < 4.78 is 4.58. The van der Waals surface area contributed by atoms with Crippen LogP contribution in [0.5, 0.6) is 0 Å². The zero-order valence-electron chi connectivity index (χ0n) is 8.83. The number of ketones is 1. The Morgan fingerprint density at radius 1 is 1.44 bits per heavy atom. The minimum Gasteiger partial charge on any atom is -0.465 e. The fraction of sp³-hybridized carbons (Fsp3) is 0.273.